The van der Waals surface area contributed by atoms with Gasteiger partial charge in [-0.25, -0.2) is 0 Å². The zero-order chi connectivity index (χ0) is 27.9. The highest BCUT2D eigenvalue weighted by Gasteiger charge is 2.49. The lowest BCUT2D eigenvalue weighted by atomic mass is 9.78. The molecular formula is C35H42ClN3O2. The Kier molecular flexibility index (Phi) is 7.77. The molecule has 4 fully saturated rings. The minimum atomic E-state index is -0.0309. The Balaban J connectivity index is 1.06. The predicted octanol–water partition coefficient (Wildman–Crippen LogP) is 6.71. The molecule has 3 heterocycles. The van der Waals surface area contributed by atoms with Crippen LogP contribution in [0, 0.1) is 23.7 Å². The average Bonchev–Trinajstić information content (AvgIpc) is 3.13. The topological polar surface area (TPSA) is 53.5 Å². The molecule has 3 aliphatic carbocycles. The minimum absolute atomic E-state index is 0.0309. The van der Waals surface area contributed by atoms with Gasteiger partial charge in [0, 0.05) is 43.0 Å². The van der Waals surface area contributed by atoms with Gasteiger partial charge >= 0.3 is 0 Å². The molecule has 0 radical (unpaired) electrons. The summed E-state index contributed by atoms with van der Waals surface area (Å²) in [5.41, 5.74) is 7.99. The largest absolute Gasteiger partial charge is 0.302 e. The van der Waals surface area contributed by atoms with Gasteiger partial charge in [-0.05, 0) is 98.1 Å². The van der Waals surface area contributed by atoms with Gasteiger partial charge in [-0.2, -0.15) is 0 Å². The molecule has 1 aromatic heterocycles. The minimum Gasteiger partial charge on any atom is -0.302 e. The molecule has 5 aliphatic rings. The van der Waals surface area contributed by atoms with Gasteiger partial charge in [-0.3, -0.25) is 19.5 Å². The number of halogens is 1. The van der Waals surface area contributed by atoms with Crippen LogP contribution in [0.5, 0.6) is 0 Å². The first-order chi connectivity index (χ1) is 20.1. The number of nitrogens with zero attached hydrogens (tertiary/aromatic N) is 3. The van der Waals surface area contributed by atoms with E-state index >= 15 is 0 Å². The van der Waals surface area contributed by atoms with Gasteiger partial charge in [-0.1, -0.05) is 55.0 Å². The fourth-order valence-electron chi connectivity index (χ4n) is 8.63. The van der Waals surface area contributed by atoms with Crippen molar-refractivity contribution in [1.82, 2.24) is 14.8 Å². The molecule has 2 unspecified atom stereocenters. The lowest BCUT2D eigenvalue weighted by Gasteiger charge is -2.39. The van der Waals surface area contributed by atoms with Crippen LogP contribution in [0.2, 0.25) is 5.02 Å². The molecule has 216 valence electrons. The summed E-state index contributed by atoms with van der Waals surface area (Å²) in [4.78, 5) is 35.7. The van der Waals surface area contributed by atoms with E-state index in [4.69, 9.17) is 16.6 Å². The quantitative estimate of drug-likeness (QED) is 0.383. The number of pyridine rings is 1. The zero-order valence-electron chi connectivity index (χ0n) is 24.1. The van der Waals surface area contributed by atoms with E-state index in [0.717, 1.165) is 88.1 Å². The molecule has 1 aromatic carbocycles. The summed E-state index contributed by atoms with van der Waals surface area (Å²) < 4.78 is 0. The van der Waals surface area contributed by atoms with Gasteiger partial charge in [0.2, 0.25) is 11.8 Å². The van der Waals surface area contributed by atoms with Crippen molar-refractivity contribution < 1.29 is 9.59 Å². The molecule has 2 amide bonds. The van der Waals surface area contributed by atoms with Crippen LogP contribution in [0.25, 0.3) is 5.57 Å². The first-order valence-corrected chi connectivity index (χ1v) is 16.5. The third-order valence-corrected chi connectivity index (χ3v) is 11.1. The van der Waals surface area contributed by atoms with Crippen LogP contribution < -0.4 is 0 Å². The van der Waals surface area contributed by atoms with Crippen molar-refractivity contribution in [1.29, 1.82) is 0 Å². The molecule has 0 N–H and O–H groups in total. The molecule has 2 aliphatic heterocycles. The molecule has 0 spiro atoms. The van der Waals surface area contributed by atoms with Crippen molar-refractivity contribution in [3.63, 3.8) is 0 Å². The summed E-state index contributed by atoms with van der Waals surface area (Å²) in [6, 6.07) is 10.7. The van der Waals surface area contributed by atoms with Crippen molar-refractivity contribution in [3.8, 4) is 0 Å². The Morgan fingerprint density at radius 1 is 0.780 bits per heavy atom. The van der Waals surface area contributed by atoms with Gasteiger partial charge in [0.1, 0.15) is 0 Å². The molecule has 41 heavy (non-hydrogen) atoms. The van der Waals surface area contributed by atoms with E-state index in [9.17, 15) is 9.59 Å². The smallest absolute Gasteiger partial charge is 0.233 e. The summed E-state index contributed by atoms with van der Waals surface area (Å²) in [5.74, 6) is 1.21. The maximum Gasteiger partial charge on any atom is 0.233 e. The molecule has 7 rings (SSSR count). The number of aryl methyl sites for hydroxylation is 2. The van der Waals surface area contributed by atoms with E-state index in [1.807, 2.05) is 12.3 Å². The van der Waals surface area contributed by atoms with Crippen molar-refractivity contribution in [2.75, 3.05) is 26.2 Å². The number of rotatable bonds is 4. The molecule has 6 heteroatoms. The highest BCUT2D eigenvalue weighted by Crippen LogP contribution is 2.41. The Labute approximate surface area is 249 Å². The van der Waals surface area contributed by atoms with Crippen LogP contribution in [-0.2, 0) is 22.4 Å². The molecule has 0 bridgehead atoms. The van der Waals surface area contributed by atoms with Gasteiger partial charge < -0.3 is 4.90 Å². The highest BCUT2D eigenvalue weighted by molar-refractivity contribution is 6.30. The van der Waals surface area contributed by atoms with Crippen LogP contribution in [0.3, 0.4) is 0 Å². The summed E-state index contributed by atoms with van der Waals surface area (Å²) in [5, 5.41) is 0.806. The molecule has 2 saturated carbocycles. The van der Waals surface area contributed by atoms with E-state index < -0.39 is 0 Å². The van der Waals surface area contributed by atoms with Gasteiger partial charge in [0.05, 0.1) is 17.5 Å². The van der Waals surface area contributed by atoms with Crippen LogP contribution >= 0.6 is 11.6 Å². The number of hydrogen-bond acceptors (Lipinski definition) is 4. The standard InChI is InChI=1S/C35H42ClN3O2/c36-28-13-14-29-25(20-28)12-11-24-8-5-17-37-33(24)32(29)23-15-18-38(19-16-23)21-26-6-1-2-7-27(26)22-39-34(40)30-9-3-4-10-31(30)35(39)41/h5,8,13-14,17,20,26-27,30-31H,1-4,6-7,9-12,15-16,18-19,21-22H2/t26-,27-,30?,31?/m1/s1. The second kappa shape index (κ2) is 11.6. The van der Waals surface area contributed by atoms with E-state index in [0.29, 0.717) is 18.4 Å². The van der Waals surface area contributed by atoms with Gasteiger partial charge in [0.25, 0.3) is 0 Å². The number of piperidine rings is 1. The summed E-state index contributed by atoms with van der Waals surface area (Å²) in [6.07, 6.45) is 14.9. The second-order valence-electron chi connectivity index (χ2n) is 13.2. The second-order valence-corrected chi connectivity index (χ2v) is 13.6. The number of imide groups is 1. The number of carbonyl (C=O) groups is 2. The predicted molar refractivity (Wildman–Crippen MR) is 162 cm³/mol. The van der Waals surface area contributed by atoms with E-state index in [1.165, 1.54) is 47.1 Å². The summed E-state index contributed by atoms with van der Waals surface area (Å²) >= 11 is 6.42. The normalized spacial score (nSPS) is 28.8. The van der Waals surface area contributed by atoms with Gasteiger partial charge in [0.15, 0.2) is 0 Å². The highest BCUT2D eigenvalue weighted by atomic mass is 35.5. The first kappa shape index (κ1) is 27.3. The zero-order valence-corrected chi connectivity index (χ0v) is 24.9. The Bertz CT molecular complexity index is 1330. The third kappa shape index (κ3) is 5.29. The van der Waals surface area contributed by atoms with Crippen molar-refractivity contribution in [2.24, 2.45) is 23.7 Å². The summed E-state index contributed by atoms with van der Waals surface area (Å²) in [7, 11) is 0. The Morgan fingerprint density at radius 3 is 2.17 bits per heavy atom. The molecular weight excluding hydrogens is 530 g/mol. The van der Waals surface area contributed by atoms with E-state index in [-0.39, 0.29) is 23.7 Å². The van der Waals surface area contributed by atoms with Crippen molar-refractivity contribution in [3.05, 3.63) is 69.5 Å². The van der Waals surface area contributed by atoms with Crippen LogP contribution in [0.15, 0.2) is 42.1 Å². The van der Waals surface area contributed by atoms with E-state index in [2.05, 4.69) is 29.2 Å². The number of benzene rings is 1. The average molecular weight is 572 g/mol. The SMILES string of the molecule is O=C1C2CCCCC2C(=O)N1C[C@H]1CCCC[C@@H]1CN1CCC(=C2c3ccc(Cl)cc3CCc3cccnc32)CC1. The molecule has 2 aromatic rings. The fourth-order valence-corrected chi connectivity index (χ4v) is 8.83. The third-order valence-electron chi connectivity index (χ3n) is 10.9. The summed E-state index contributed by atoms with van der Waals surface area (Å²) in [6.45, 7) is 3.84. The number of fused-ring (bicyclic) bond motifs is 3. The number of carbonyl (C=O) groups excluding carboxylic acids is 2. The lowest BCUT2D eigenvalue weighted by Crippen LogP contribution is -2.43. The maximum absolute atomic E-state index is 13.2. The number of aromatic nitrogens is 1. The Morgan fingerprint density at radius 2 is 1.44 bits per heavy atom. The molecule has 5 nitrogen and oxygen atoms in total. The maximum atomic E-state index is 13.2. The number of likely N-dealkylation sites (tertiary alicyclic amines) is 2. The van der Waals surface area contributed by atoms with E-state index in [1.54, 1.807) is 4.90 Å². The van der Waals surface area contributed by atoms with Crippen LogP contribution in [0.4, 0.5) is 0 Å². The first-order valence-electron chi connectivity index (χ1n) is 16.1. The Hall–Kier alpha value is -2.50. The van der Waals surface area contributed by atoms with Crippen LogP contribution in [0.1, 0.15) is 86.6 Å². The van der Waals surface area contributed by atoms with Crippen molar-refractivity contribution in [2.45, 2.75) is 77.0 Å². The fraction of sp³-hybridized carbons (Fsp3) is 0.571. The van der Waals surface area contributed by atoms with Gasteiger partial charge in [-0.15, -0.1) is 0 Å². The lowest BCUT2D eigenvalue weighted by molar-refractivity contribution is -0.141. The van der Waals surface area contributed by atoms with Crippen LogP contribution in [-0.4, -0.2) is 52.8 Å². The number of amides is 2. The van der Waals surface area contributed by atoms with Crippen molar-refractivity contribution >= 4 is 29.0 Å². The monoisotopic (exact) mass is 571 g/mol. The molecule has 2 saturated heterocycles. The molecule has 4 atom stereocenters. The number of hydrogen-bond donors (Lipinski definition) is 0.